The van der Waals surface area contributed by atoms with Gasteiger partial charge in [0.2, 0.25) is 0 Å². The van der Waals surface area contributed by atoms with Crippen molar-refractivity contribution in [2.45, 2.75) is 44.9 Å². The van der Waals surface area contributed by atoms with Crippen molar-refractivity contribution in [2.24, 2.45) is 0 Å². The summed E-state index contributed by atoms with van der Waals surface area (Å²) in [5, 5.41) is 4.71. The van der Waals surface area contributed by atoms with Crippen LogP contribution in [0.5, 0.6) is 0 Å². The number of rotatable bonds is 2. The molecule has 1 saturated carbocycles. The zero-order chi connectivity index (χ0) is 20.9. The van der Waals surface area contributed by atoms with Gasteiger partial charge >= 0.3 is 0 Å². The highest BCUT2D eigenvalue weighted by atomic mass is 32.1. The third kappa shape index (κ3) is 3.06. The molecule has 154 valence electrons. The van der Waals surface area contributed by atoms with E-state index in [0.29, 0.717) is 11.5 Å². The first kappa shape index (κ1) is 18.9. The van der Waals surface area contributed by atoms with Crippen molar-refractivity contribution >= 4 is 42.3 Å². The van der Waals surface area contributed by atoms with Crippen molar-refractivity contribution in [1.29, 1.82) is 0 Å². The maximum atomic E-state index is 14.9. The van der Waals surface area contributed by atoms with Crippen molar-refractivity contribution < 1.29 is 4.39 Å². The molecule has 2 heterocycles. The average Bonchev–Trinajstić information content (AvgIpc) is 3.21. The number of nitrogens with zero attached hydrogens (tertiary/aromatic N) is 1. The highest BCUT2D eigenvalue weighted by Gasteiger charge is 2.20. The van der Waals surface area contributed by atoms with Gasteiger partial charge in [0, 0.05) is 22.5 Å². The summed E-state index contributed by atoms with van der Waals surface area (Å²) >= 11 is 1.53. The fourth-order valence-electron chi connectivity index (χ4n) is 5.27. The van der Waals surface area contributed by atoms with Crippen LogP contribution in [0.25, 0.3) is 42.2 Å². The Morgan fingerprint density at radius 2 is 1.68 bits per heavy atom. The van der Waals surface area contributed by atoms with Gasteiger partial charge in [-0.1, -0.05) is 55.7 Å². The Morgan fingerprint density at radius 3 is 2.55 bits per heavy atom. The summed E-state index contributed by atoms with van der Waals surface area (Å²) < 4.78 is 16.7. The lowest BCUT2D eigenvalue weighted by Crippen LogP contribution is -2.05. The molecule has 0 unspecified atom stereocenters. The molecule has 1 fully saturated rings. The smallest absolute Gasteiger partial charge is 0.143 e. The summed E-state index contributed by atoms with van der Waals surface area (Å²) in [6.07, 6.45) is 8.37. The molecular formula is C28H24FNS. The minimum atomic E-state index is -0.106. The van der Waals surface area contributed by atoms with E-state index in [4.69, 9.17) is 4.98 Å². The van der Waals surface area contributed by atoms with E-state index in [-0.39, 0.29) is 5.82 Å². The van der Waals surface area contributed by atoms with Crippen molar-refractivity contribution in [1.82, 2.24) is 4.98 Å². The number of aromatic nitrogens is 1. The van der Waals surface area contributed by atoms with Gasteiger partial charge < -0.3 is 0 Å². The summed E-state index contributed by atoms with van der Waals surface area (Å²) in [6.45, 7) is 1.83. The first-order valence-electron chi connectivity index (χ1n) is 11.2. The lowest BCUT2D eigenvalue weighted by Gasteiger charge is -2.24. The quantitative estimate of drug-likeness (QED) is 0.275. The van der Waals surface area contributed by atoms with Gasteiger partial charge in [0.15, 0.2) is 0 Å². The van der Waals surface area contributed by atoms with Gasteiger partial charge in [0.1, 0.15) is 5.82 Å². The van der Waals surface area contributed by atoms with Crippen LogP contribution in [0.4, 0.5) is 4.39 Å². The van der Waals surface area contributed by atoms with Gasteiger partial charge in [-0.3, -0.25) is 4.98 Å². The molecule has 1 nitrogen and oxygen atoms in total. The lowest BCUT2D eigenvalue weighted by molar-refractivity contribution is 0.445. The van der Waals surface area contributed by atoms with E-state index in [1.807, 2.05) is 31.3 Å². The number of aryl methyl sites for hydroxylation is 1. The van der Waals surface area contributed by atoms with Crippen LogP contribution in [-0.2, 0) is 0 Å². The Balaban J connectivity index is 1.62. The molecule has 2 aromatic heterocycles. The number of benzene rings is 3. The van der Waals surface area contributed by atoms with Gasteiger partial charge in [-0.2, -0.15) is 0 Å². The van der Waals surface area contributed by atoms with Crippen LogP contribution in [0.3, 0.4) is 0 Å². The highest BCUT2D eigenvalue weighted by Crippen LogP contribution is 2.43. The van der Waals surface area contributed by atoms with Crippen molar-refractivity contribution in [3.8, 4) is 11.3 Å². The van der Waals surface area contributed by atoms with Crippen molar-refractivity contribution in [2.75, 3.05) is 0 Å². The van der Waals surface area contributed by atoms with Gasteiger partial charge in [-0.05, 0) is 65.8 Å². The standard InChI is InChI=1S/C28H24FNS/c1-17-11-12-22-23-13-14-30-26(28(23)31-27(22)25(17)29)20-15-19-9-5-6-10-21(19)24(16-20)18-7-3-2-4-8-18/h5-6,9-16,18H,2-4,7-8H2,1H3. The predicted octanol–water partition coefficient (Wildman–Crippen LogP) is 8.76. The zero-order valence-electron chi connectivity index (χ0n) is 17.6. The molecule has 3 heteroatoms. The fourth-order valence-corrected chi connectivity index (χ4v) is 6.56. The van der Waals surface area contributed by atoms with Crippen LogP contribution in [-0.4, -0.2) is 4.98 Å². The first-order chi connectivity index (χ1) is 15.2. The molecule has 0 bridgehead atoms. The second-order valence-electron chi connectivity index (χ2n) is 8.83. The van der Waals surface area contributed by atoms with Gasteiger partial charge in [-0.15, -0.1) is 11.3 Å². The number of hydrogen-bond acceptors (Lipinski definition) is 2. The molecule has 6 rings (SSSR count). The van der Waals surface area contributed by atoms with Crippen LogP contribution in [0, 0.1) is 12.7 Å². The predicted molar refractivity (Wildman–Crippen MR) is 131 cm³/mol. The van der Waals surface area contributed by atoms with Gasteiger partial charge in [0.05, 0.1) is 15.1 Å². The normalized spacial score (nSPS) is 15.3. The number of thiophene rings is 1. The molecule has 0 spiro atoms. The molecule has 3 aromatic carbocycles. The summed E-state index contributed by atoms with van der Waals surface area (Å²) in [7, 11) is 0. The molecule has 0 N–H and O–H groups in total. The first-order valence-corrected chi connectivity index (χ1v) is 12.0. The van der Waals surface area contributed by atoms with E-state index in [1.54, 1.807) is 0 Å². The molecule has 0 amide bonds. The summed E-state index contributed by atoms with van der Waals surface area (Å²) in [4.78, 5) is 4.81. The Bertz CT molecular complexity index is 1440. The maximum absolute atomic E-state index is 14.9. The summed E-state index contributed by atoms with van der Waals surface area (Å²) in [6, 6.07) is 19.3. The average molecular weight is 426 g/mol. The third-order valence-electron chi connectivity index (χ3n) is 6.90. The number of halogens is 1. The van der Waals surface area contributed by atoms with Gasteiger partial charge in [0.25, 0.3) is 0 Å². The largest absolute Gasteiger partial charge is 0.255 e. The molecular weight excluding hydrogens is 401 g/mol. The van der Waals surface area contributed by atoms with E-state index in [1.165, 1.54) is 59.8 Å². The van der Waals surface area contributed by atoms with Gasteiger partial charge in [-0.25, -0.2) is 4.39 Å². The van der Waals surface area contributed by atoms with E-state index < -0.39 is 0 Å². The maximum Gasteiger partial charge on any atom is 0.143 e. The highest BCUT2D eigenvalue weighted by molar-refractivity contribution is 7.26. The Labute approximate surface area is 185 Å². The second-order valence-corrected chi connectivity index (χ2v) is 9.85. The minimum Gasteiger partial charge on any atom is -0.255 e. The summed E-state index contributed by atoms with van der Waals surface area (Å²) in [5.74, 6) is 0.506. The van der Waals surface area contributed by atoms with Crippen LogP contribution in [0.1, 0.15) is 49.1 Å². The Hall–Kier alpha value is -2.78. The van der Waals surface area contributed by atoms with E-state index in [9.17, 15) is 4.39 Å². The summed E-state index contributed by atoms with van der Waals surface area (Å²) in [5.41, 5.74) is 4.26. The molecule has 31 heavy (non-hydrogen) atoms. The minimum absolute atomic E-state index is 0.106. The fraction of sp³-hybridized carbons (Fsp3) is 0.250. The van der Waals surface area contributed by atoms with Crippen molar-refractivity contribution in [3.05, 3.63) is 77.7 Å². The van der Waals surface area contributed by atoms with Crippen LogP contribution in [0.15, 0.2) is 60.8 Å². The monoisotopic (exact) mass is 425 g/mol. The second kappa shape index (κ2) is 7.42. The molecule has 0 radical (unpaired) electrons. The Morgan fingerprint density at radius 1 is 0.871 bits per heavy atom. The molecule has 0 aliphatic heterocycles. The van der Waals surface area contributed by atoms with Crippen LogP contribution >= 0.6 is 11.3 Å². The topological polar surface area (TPSA) is 12.9 Å². The van der Waals surface area contributed by atoms with Crippen LogP contribution < -0.4 is 0 Å². The molecule has 0 atom stereocenters. The SMILES string of the molecule is Cc1ccc2c(sc3c(-c4cc(C5CCCCC5)c5ccccc5c4)nccc32)c1F. The van der Waals surface area contributed by atoms with E-state index >= 15 is 0 Å². The van der Waals surface area contributed by atoms with Crippen molar-refractivity contribution in [3.63, 3.8) is 0 Å². The van der Waals surface area contributed by atoms with E-state index in [2.05, 4.69) is 36.4 Å². The number of hydrogen-bond donors (Lipinski definition) is 0. The Kier molecular flexibility index (Phi) is 4.53. The molecule has 1 aliphatic rings. The third-order valence-corrected chi connectivity index (χ3v) is 8.12. The number of pyridine rings is 1. The lowest BCUT2D eigenvalue weighted by atomic mass is 9.81. The molecule has 1 aliphatic carbocycles. The number of fused-ring (bicyclic) bond motifs is 4. The zero-order valence-corrected chi connectivity index (χ0v) is 18.4. The van der Waals surface area contributed by atoms with Crippen LogP contribution in [0.2, 0.25) is 0 Å². The van der Waals surface area contributed by atoms with E-state index in [0.717, 1.165) is 31.4 Å². The molecule has 5 aromatic rings. The molecule has 0 saturated heterocycles.